The normalized spacial score (nSPS) is 12.3. The molecule has 3 nitrogen and oxygen atoms in total. The minimum atomic E-state index is -1.72. The molecule has 0 spiro atoms. The van der Waals surface area contributed by atoms with Gasteiger partial charge in [-0.25, -0.2) is 13.6 Å². The summed E-state index contributed by atoms with van der Waals surface area (Å²) in [5, 5.41) is 8.71. The van der Waals surface area contributed by atoms with Gasteiger partial charge >= 0.3 is 5.97 Å². The Kier molecular flexibility index (Phi) is 3.60. The monoisotopic (exact) mass is 236 g/mol. The number of hydrogen-bond acceptors (Lipinski definition) is 3. The average Bonchev–Trinajstić information content (AvgIpc) is 2.24. The average molecular weight is 237 g/mol. The second-order valence-electron chi connectivity index (χ2n) is 2.69. The SMILES string of the molecule is COC(=O)C(O)c1ccc(F)c(F)c1Cl. The summed E-state index contributed by atoms with van der Waals surface area (Å²) < 4.78 is 29.8. The quantitative estimate of drug-likeness (QED) is 0.629. The van der Waals surface area contributed by atoms with E-state index >= 15 is 0 Å². The van der Waals surface area contributed by atoms with Crippen LogP contribution in [0.15, 0.2) is 12.1 Å². The number of methoxy groups -OCH3 is 1. The van der Waals surface area contributed by atoms with Gasteiger partial charge in [0.2, 0.25) is 0 Å². The second-order valence-corrected chi connectivity index (χ2v) is 3.07. The van der Waals surface area contributed by atoms with Gasteiger partial charge < -0.3 is 9.84 Å². The molecule has 0 radical (unpaired) electrons. The molecular formula is C9H7ClF2O3. The Bertz CT molecular complexity index is 395. The molecule has 1 rings (SSSR count). The van der Waals surface area contributed by atoms with Gasteiger partial charge in [0.1, 0.15) is 0 Å². The van der Waals surface area contributed by atoms with Crippen LogP contribution in [0.2, 0.25) is 5.02 Å². The minimum absolute atomic E-state index is 0.234. The summed E-state index contributed by atoms with van der Waals surface area (Å²) in [6.45, 7) is 0. The Morgan fingerprint density at radius 3 is 2.67 bits per heavy atom. The van der Waals surface area contributed by atoms with Crippen LogP contribution in [0, 0.1) is 11.6 Å². The van der Waals surface area contributed by atoms with E-state index in [-0.39, 0.29) is 5.56 Å². The highest BCUT2D eigenvalue weighted by molar-refractivity contribution is 6.31. The Balaban J connectivity index is 3.16. The van der Waals surface area contributed by atoms with Crippen LogP contribution < -0.4 is 0 Å². The number of aliphatic hydroxyl groups is 1. The molecular weight excluding hydrogens is 230 g/mol. The van der Waals surface area contributed by atoms with E-state index < -0.39 is 28.7 Å². The minimum Gasteiger partial charge on any atom is -0.467 e. The van der Waals surface area contributed by atoms with Gasteiger partial charge in [-0.3, -0.25) is 0 Å². The number of benzene rings is 1. The highest BCUT2D eigenvalue weighted by atomic mass is 35.5. The number of ether oxygens (including phenoxy) is 1. The third kappa shape index (κ3) is 2.24. The number of rotatable bonds is 2. The van der Waals surface area contributed by atoms with Gasteiger partial charge in [0.25, 0.3) is 0 Å². The van der Waals surface area contributed by atoms with Crippen molar-refractivity contribution in [1.82, 2.24) is 0 Å². The molecule has 0 bridgehead atoms. The largest absolute Gasteiger partial charge is 0.467 e. The number of aliphatic hydroxyl groups excluding tert-OH is 1. The lowest BCUT2D eigenvalue weighted by Crippen LogP contribution is -2.14. The van der Waals surface area contributed by atoms with Crippen LogP contribution in [0.1, 0.15) is 11.7 Å². The first-order valence-corrected chi connectivity index (χ1v) is 4.26. The van der Waals surface area contributed by atoms with Crippen LogP contribution in [-0.4, -0.2) is 18.2 Å². The topological polar surface area (TPSA) is 46.5 Å². The summed E-state index contributed by atoms with van der Waals surface area (Å²) in [4.78, 5) is 10.9. The number of carbonyl (C=O) groups excluding carboxylic acids is 1. The van der Waals surface area contributed by atoms with E-state index in [1.54, 1.807) is 0 Å². The van der Waals surface area contributed by atoms with Crippen LogP contribution in [-0.2, 0) is 9.53 Å². The lowest BCUT2D eigenvalue weighted by atomic mass is 10.1. The van der Waals surface area contributed by atoms with Crippen molar-refractivity contribution < 1.29 is 23.4 Å². The van der Waals surface area contributed by atoms with E-state index in [4.69, 9.17) is 11.6 Å². The maximum atomic E-state index is 12.9. The van der Waals surface area contributed by atoms with Crippen molar-refractivity contribution in [1.29, 1.82) is 0 Å². The summed E-state index contributed by atoms with van der Waals surface area (Å²) in [7, 11) is 1.05. The molecule has 1 atom stereocenters. The predicted octanol–water partition coefficient (Wildman–Crippen LogP) is 1.82. The molecule has 0 heterocycles. The van der Waals surface area contributed by atoms with Crippen molar-refractivity contribution in [3.8, 4) is 0 Å². The molecule has 0 saturated carbocycles. The van der Waals surface area contributed by atoms with E-state index in [0.29, 0.717) is 0 Å². The van der Waals surface area contributed by atoms with E-state index in [0.717, 1.165) is 19.2 Å². The van der Waals surface area contributed by atoms with Gasteiger partial charge in [0, 0.05) is 5.56 Å². The van der Waals surface area contributed by atoms with Gasteiger partial charge in [-0.05, 0) is 6.07 Å². The van der Waals surface area contributed by atoms with Gasteiger partial charge in [0.05, 0.1) is 12.1 Å². The van der Waals surface area contributed by atoms with Crippen molar-refractivity contribution >= 4 is 17.6 Å². The first-order valence-electron chi connectivity index (χ1n) is 3.88. The van der Waals surface area contributed by atoms with Crippen molar-refractivity contribution in [2.45, 2.75) is 6.10 Å². The van der Waals surface area contributed by atoms with Crippen LogP contribution in [0.5, 0.6) is 0 Å². The molecule has 6 heteroatoms. The zero-order valence-corrected chi connectivity index (χ0v) is 8.39. The molecule has 1 unspecified atom stereocenters. The van der Waals surface area contributed by atoms with Gasteiger partial charge in [0.15, 0.2) is 17.7 Å². The highest BCUT2D eigenvalue weighted by Crippen LogP contribution is 2.27. The van der Waals surface area contributed by atoms with Gasteiger partial charge in [-0.2, -0.15) is 0 Å². The summed E-state index contributed by atoms with van der Waals surface area (Å²) in [5.41, 5.74) is -0.234. The fourth-order valence-corrected chi connectivity index (χ4v) is 1.25. The third-order valence-electron chi connectivity index (χ3n) is 1.78. The predicted molar refractivity (Wildman–Crippen MR) is 48.3 cm³/mol. The fourth-order valence-electron chi connectivity index (χ4n) is 0.991. The van der Waals surface area contributed by atoms with Crippen LogP contribution in [0.25, 0.3) is 0 Å². The molecule has 0 fully saturated rings. The Morgan fingerprint density at radius 1 is 1.53 bits per heavy atom. The van der Waals surface area contributed by atoms with Crippen molar-refractivity contribution in [3.05, 3.63) is 34.4 Å². The summed E-state index contributed by atoms with van der Waals surface area (Å²) in [6.07, 6.45) is -1.72. The molecule has 82 valence electrons. The van der Waals surface area contributed by atoms with Gasteiger partial charge in [-0.1, -0.05) is 17.7 Å². The van der Waals surface area contributed by atoms with Crippen molar-refractivity contribution in [3.63, 3.8) is 0 Å². The number of carbonyl (C=O) groups is 1. The Labute approximate surface area is 89.2 Å². The molecule has 0 aliphatic rings. The van der Waals surface area contributed by atoms with Gasteiger partial charge in [-0.15, -0.1) is 0 Å². The molecule has 1 aromatic carbocycles. The molecule has 15 heavy (non-hydrogen) atoms. The molecule has 0 amide bonds. The molecule has 0 saturated heterocycles. The maximum absolute atomic E-state index is 12.9. The lowest BCUT2D eigenvalue weighted by molar-refractivity contribution is -0.150. The van der Waals surface area contributed by atoms with Crippen LogP contribution in [0.3, 0.4) is 0 Å². The molecule has 0 aliphatic carbocycles. The molecule has 1 N–H and O–H groups in total. The van der Waals surface area contributed by atoms with Crippen molar-refractivity contribution in [2.75, 3.05) is 7.11 Å². The lowest BCUT2D eigenvalue weighted by Gasteiger charge is -2.10. The Hall–Kier alpha value is -1.20. The summed E-state index contributed by atoms with van der Waals surface area (Å²) in [5.74, 6) is -3.46. The third-order valence-corrected chi connectivity index (χ3v) is 2.17. The van der Waals surface area contributed by atoms with Crippen LogP contribution >= 0.6 is 11.6 Å². The smallest absolute Gasteiger partial charge is 0.339 e. The first-order chi connectivity index (χ1) is 6.99. The standard InChI is InChI=1S/C9H7ClF2O3/c1-15-9(14)8(13)4-2-3-5(11)7(12)6(4)10/h2-3,8,13H,1H3. The molecule has 0 aliphatic heterocycles. The second kappa shape index (κ2) is 4.55. The number of esters is 1. The van der Waals surface area contributed by atoms with E-state index in [1.165, 1.54) is 0 Å². The molecule has 0 aromatic heterocycles. The highest BCUT2D eigenvalue weighted by Gasteiger charge is 2.23. The first kappa shape index (κ1) is 11.9. The zero-order chi connectivity index (χ0) is 11.6. The summed E-state index contributed by atoms with van der Waals surface area (Å²) >= 11 is 5.41. The fraction of sp³-hybridized carbons (Fsp3) is 0.222. The number of halogens is 3. The van der Waals surface area contributed by atoms with E-state index in [9.17, 15) is 18.7 Å². The van der Waals surface area contributed by atoms with Crippen molar-refractivity contribution in [2.24, 2.45) is 0 Å². The van der Waals surface area contributed by atoms with E-state index in [2.05, 4.69) is 4.74 Å². The van der Waals surface area contributed by atoms with Crippen LogP contribution in [0.4, 0.5) is 8.78 Å². The maximum Gasteiger partial charge on any atom is 0.339 e. The molecule has 1 aromatic rings. The Morgan fingerprint density at radius 2 is 2.13 bits per heavy atom. The van der Waals surface area contributed by atoms with E-state index in [1.807, 2.05) is 0 Å². The summed E-state index contributed by atoms with van der Waals surface area (Å²) in [6, 6.07) is 1.78. The zero-order valence-electron chi connectivity index (χ0n) is 7.63. The number of hydrogen-bond donors (Lipinski definition) is 1.